The second-order valence-electron chi connectivity index (χ2n) is 8.03. The third-order valence-electron chi connectivity index (χ3n) is 5.66. The lowest BCUT2D eigenvalue weighted by molar-refractivity contribution is -0.116. The van der Waals surface area contributed by atoms with Crippen molar-refractivity contribution in [3.8, 4) is 6.07 Å². The Morgan fingerprint density at radius 3 is 2.21 bits per heavy atom. The van der Waals surface area contributed by atoms with Crippen LogP contribution >= 0.6 is 15.9 Å². The lowest BCUT2D eigenvalue weighted by Gasteiger charge is -2.22. The van der Waals surface area contributed by atoms with Crippen molar-refractivity contribution in [3.63, 3.8) is 0 Å². The van der Waals surface area contributed by atoms with Gasteiger partial charge >= 0.3 is 0 Å². The summed E-state index contributed by atoms with van der Waals surface area (Å²) in [4.78, 5) is 12.9. The van der Waals surface area contributed by atoms with E-state index in [9.17, 15) is 18.5 Å². The van der Waals surface area contributed by atoms with Crippen LogP contribution in [0.2, 0.25) is 0 Å². The highest BCUT2D eigenvalue weighted by Gasteiger charge is 2.44. The van der Waals surface area contributed by atoms with Gasteiger partial charge in [0, 0.05) is 16.7 Å². The quantitative estimate of drug-likeness (QED) is 0.457. The summed E-state index contributed by atoms with van der Waals surface area (Å²) in [6.45, 7) is -0.270. The van der Waals surface area contributed by atoms with E-state index in [1.807, 2.05) is 42.5 Å². The van der Waals surface area contributed by atoms with Crippen molar-refractivity contribution in [2.75, 3.05) is 11.9 Å². The number of hydrogen-bond acceptors (Lipinski definition) is 4. The Balaban J connectivity index is 1.52. The summed E-state index contributed by atoms with van der Waals surface area (Å²) in [5.41, 5.74) is 1.87. The number of halogens is 1. The van der Waals surface area contributed by atoms with E-state index in [-0.39, 0.29) is 18.0 Å². The van der Waals surface area contributed by atoms with Crippen LogP contribution in [0.15, 0.2) is 88.2 Å². The number of rotatable bonds is 8. The third kappa shape index (κ3) is 5.33. The van der Waals surface area contributed by atoms with Crippen molar-refractivity contribution in [2.24, 2.45) is 0 Å². The summed E-state index contributed by atoms with van der Waals surface area (Å²) < 4.78 is 28.6. The highest BCUT2D eigenvalue weighted by Crippen LogP contribution is 2.47. The van der Waals surface area contributed by atoms with E-state index in [1.165, 1.54) is 16.4 Å². The molecule has 0 atom stereocenters. The Morgan fingerprint density at radius 1 is 1.00 bits per heavy atom. The van der Waals surface area contributed by atoms with Gasteiger partial charge in [-0.3, -0.25) is 4.79 Å². The fourth-order valence-electron chi connectivity index (χ4n) is 3.59. The van der Waals surface area contributed by atoms with Gasteiger partial charge in [0.2, 0.25) is 15.9 Å². The van der Waals surface area contributed by atoms with Gasteiger partial charge in [-0.2, -0.15) is 9.57 Å². The summed E-state index contributed by atoms with van der Waals surface area (Å²) in [6, 6.07) is 25.0. The van der Waals surface area contributed by atoms with Gasteiger partial charge in [-0.15, -0.1) is 0 Å². The number of hydrogen-bond donors (Lipinski definition) is 1. The van der Waals surface area contributed by atoms with Gasteiger partial charge < -0.3 is 5.32 Å². The van der Waals surface area contributed by atoms with Gasteiger partial charge in [0.05, 0.1) is 22.9 Å². The van der Waals surface area contributed by atoms with E-state index >= 15 is 0 Å². The van der Waals surface area contributed by atoms with Gasteiger partial charge in [0.25, 0.3) is 0 Å². The van der Waals surface area contributed by atoms with E-state index in [2.05, 4.69) is 27.3 Å². The summed E-state index contributed by atoms with van der Waals surface area (Å²) in [5.74, 6) is -0.444. The lowest BCUT2D eigenvalue weighted by Crippen LogP contribution is -2.37. The van der Waals surface area contributed by atoms with Crippen molar-refractivity contribution in [1.82, 2.24) is 4.31 Å². The maximum atomic E-state index is 13.3. The van der Waals surface area contributed by atoms with Crippen LogP contribution < -0.4 is 5.32 Å². The highest BCUT2D eigenvalue weighted by molar-refractivity contribution is 9.10. The molecule has 0 bridgehead atoms. The molecule has 6 nitrogen and oxygen atoms in total. The Morgan fingerprint density at radius 2 is 1.64 bits per heavy atom. The first-order valence-corrected chi connectivity index (χ1v) is 12.7. The standard InChI is InChI=1S/C25H22BrN3O3S/c26-21-8-12-23(13-9-21)33(31,32)29(16-19-4-2-1-3-5-19)17-24(30)28-22-10-6-20(7-11-22)25(18-27)14-15-25/h1-13H,14-17H2,(H,28,30). The minimum absolute atomic E-state index is 0.0658. The zero-order valence-corrected chi connectivity index (χ0v) is 20.1. The van der Waals surface area contributed by atoms with Crippen molar-refractivity contribution in [2.45, 2.75) is 29.7 Å². The van der Waals surface area contributed by atoms with Crippen molar-refractivity contribution in [1.29, 1.82) is 5.26 Å². The number of nitriles is 1. The number of amides is 1. The second-order valence-corrected chi connectivity index (χ2v) is 10.9. The summed E-state index contributed by atoms with van der Waals surface area (Å²) in [5, 5.41) is 12.1. The molecule has 168 valence electrons. The molecule has 0 aliphatic heterocycles. The van der Waals surface area contributed by atoms with Crippen LogP contribution in [0.4, 0.5) is 5.69 Å². The average molecular weight is 524 g/mol. The van der Waals surface area contributed by atoms with Crippen LogP contribution in [0.5, 0.6) is 0 Å². The molecule has 0 unspecified atom stereocenters. The largest absolute Gasteiger partial charge is 0.325 e. The van der Waals surface area contributed by atoms with Crippen LogP contribution in [0, 0.1) is 11.3 Å². The first kappa shape index (κ1) is 23.2. The molecule has 0 saturated heterocycles. The van der Waals surface area contributed by atoms with Gasteiger partial charge in [-0.25, -0.2) is 8.42 Å². The Kier molecular flexibility index (Phi) is 6.66. The van der Waals surface area contributed by atoms with Crippen molar-refractivity contribution < 1.29 is 13.2 Å². The first-order valence-electron chi connectivity index (χ1n) is 10.4. The van der Waals surface area contributed by atoms with Gasteiger partial charge in [-0.05, 0) is 60.4 Å². The predicted octanol–water partition coefficient (Wildman–Crippen LogP) is 4.83. The van der Waals surface area contributed by atoms with Crippen LogP contribution in [-0.2, 0) is 26.8 Å². The SMILES string of the molecule is N#CC1(c2ccc(NC(=O)CN(Cc3ccccc3)S(=O)(=O)c3ccc(Br)cc3)cc2)CC1. The molecule has 0 spiro atoms. The van der Waals surface area contributed by atoms with Crippen LogP contribution in [0.1, 0.15) is 24.0 Å². The molecule has 0 radical (unpaired) electrons. The molecular formula is C25H22BrN3O3S. The molecule has 4 rings (SSSR count). The maximum absolute atomic E-state index is 13.3. The lowest BCUT2D eigenvalue weighted by atomic mass is 9.98. The molecule has 1 saturated carbocycles. The fourth-order valence-corrected chi connectivity index (χ4v) is 5.24. The van der Waals surface area contributed by atoms with Gasteiger partial charge in [-0.1, -0.05) is 58.4 Å². The molecule has 1 amide bonds. The third-order valence-corrected chi connectivity index (χ3v) is 7.99. The molecule has 33 heavy (non-hydrogen) atoms. The normalized spacial score (nSPS) is 14.5. The number of nitrogens with zero attached hydrogens (tertiary/aromatic N) is 2. The highest BCUT2D eigenvalue weighted by atomic mass is 79.9. The zero-order chi connectivity index (χ0) is 23.5. The number of sulfonamides is 1. The molecular weight excluding hydrogens is 502 g/mol. The van der Waals surface area contributed by atoms with Crippen molar-refractivity contribution >= 4 is 37.5 Å². The van der Waals surface area contributed by atoms with Gasteiger partial charge in [0.15, 0.2) is 0 Å². The molecule has 1 aliphatic carbocycles. The van der Waals surface area contributed by atoms with Crippen molar-refractivity contribution in [3.05, 3.63) is 94.5 Å². The smallest absolute Gasteiger partial charge is 0.243 e. The molecule has 3 aromatic carbocycles. The number of benzene rings is 3. The molecule has 3 aromatic rings. The number of anilines is 1. The minimum Gasteiger partial charge on any atom is -0.325 e. The van der Waals surface area contributed by atoms with E-state index < -0.39 is 21.3 Å². The topological polar surface area (TPSA) is 90.3 Å². The van der Waals surface area contributed by atoms with Crippen LogP contribution in [0.3, 0.4) is 0 Å². The number of nitrogens with one attached hydrogen (secondary N) is 1. The second kappa shape index (κ2) is 9.48. The number of carbonyl (C=O) groups excluding carboxylic acids is 1. The van der Waals surface area contributed by atoms with E-state index in [4.69, 9.17) is 0 Å². The minimum atomic E-state index is -3.91. The molecule has 1 fully saturated rings. The predicted molar refractivity (Wildman–Crippen MR) is 130 cm³/mol. The maximum Gasteiger partial charge on any atom is 0.243 e. The number of carbonyl (C=O) groups is 1. The first-order chi connectivity index (χ1) is 15.8. The summed E-state index contributed by atoms with van der Waals surface area (Å²) in [6.07, 6.45) is 1.69. The molecule has 1 aliphatic rings. The summed E-state index contributed by atoms with van der Waals surface area (Å²) >= 11 is 3.32. The molecule has 0 aromatic heterocycles. The van der Waals surface area contributed by atoms with E-state index in [0.717, 1.165) is 28.4 Å². The average Bonchev–Trinajstić information content (AvgIpc) is 3.61. The monoisotopic (exact) mass is 523 g/mol. The Bertz CT molecular complexity index is 1280. The molecule has 8 heteroatoms. The van der Waals surface area contributed by atoms with Crippen LogP contribution in [0.25, 0.3) is 0 Å². The molecule has 0 heterocycles. The Labute approximate surface area is 202 Å². The Hall–Kier alpha value is -2.99. The van der Waals surface area contributed by atoms with E-state index in [1.54, 1.807) is 24.3 Å². The summed E-state index contributed by atoms with van der Waals surface area (Å²) in [7, 11) is -3.91. The van der Waals surface area contributed by atoms with E-state index in [0.29, 0.717) is 5.69 Å². The van der Waals surface area contributed by atoms with Crippen LogP contribution in [-0.4, -0.2) is 25.2 Å². The zero-order valence-electron chi connectivity index (χ0n) is 17.7. The van der Waals surface area contributed by atoms with Gasteiger partial charge in [0.1, 0.15) is 0 Å². The fraction of sp³-hybridized carbons (Fsp3) is 0.200. The molecule has 1 N–H and O–H groups in total.